The average Bonchev–Trinajstić information content (AvgIpc) is 3.57. The first-order valence-electron chi connectivity index (χ1n) is 12.7. The Kier molecular flexibility index (Phi) is 6.04. The van der Waals surface area contributed by atoms with E-state index in [0.717, 1.165) is 78.5 Å². The normalized spacial score (nSPS) is 19.3. The van der Waals surface area contributed by atoms with Gasteiger partial charge in [-0.3, -0.25) is 20.1 Å². The van der Waals surface area contributed by atoms with Crippen molar-refractivity contribution in [3.8, 4) is 22.6 Å². The number of aromatic amines is 2. The van der Waals surface area contributed by atoms with Crippen LogP contribution in [0.5, 0.6) is 0 Å². The third-order valence-corrected chi connectivity index (χ3v) is 7.38. The fourth-order valence-electron chi connectivity index (χ4n) is 5.46. The molecule has 35 heavy (non-hydrogen) atoms. The van der Waals surface area contributed by atoms with Gasteiger partial charge in [0.05, 0.1) is 5.52 Å². The lowest BCUT2D eigenvalue weighted by atomic mass is 9.97. The Morgan fingerprint density at radius 3 is 2.66 bits per heavy atom. The Hall–Kier alpha value is -3.52. The second kappa shape index (κ2) is 9.62. The predicted octanol–water partition coefficient (Wildman–Crippen LogP) is 4.59. The summed E-state index contributed by atoms with van der Waals surface area (Å²) in [7, 11) is 0. The van der Waals surface area contributed by atoms with Crippen LogP contribution >= 0.6 is 0 Å². The first-order valence-corrected chi connectivity index (χ1v) is 12.7. The summed E-state index contributed by atoms with van der Waals surface area (Å²) in [6.07, 6.45) is 9.81. The van der Waals surface area contributed by atoms with Gasteiger partial charge in [-0.05, 0) is 69.0 Å². The minimum atomic E-state index is 0.365. The molecule has 1 unspecified atom stereocenters. The topological polar surface area (TPSA) is 89.6 Å². The summed E-state index contributed by atoms with van der Waals surface area (Å²) in [5, 5.41) is 16.6. The van der Waals surface area contributed by atoms with E-state index in [1.54, 1.807) is 12.4 Å². The zero-order valence-electron chi connectivity index (χ0n) is 20.1. The molecule has 3 aromatic heterocycles. The smallest absolute Gasteiger partial charge is 0.181 e. The van der Waals surface area contributed by atoms with E-state index < -0.39 is 0 Å². The molecule has 5 heterocycles. The Balaban J connectivity index is 1.18. The summed E-state index contributed by atoms with van der Waals surface area (Å²) < 4.78 is 0. The lowest BCUT2D eigenvalue weighted by Gasteiger charge is -2.36. The second-order valence-electron chi connectivity index (χ2n) is 9.80. The van der Waals surface area contributed by atoms with E-state index in [0.29, 0.717) is 5.92 Å². The van der Waals surface area contributed by atoms with Crippen LogP contribution in [-0.4, -0.2) is 72.9 Å². The molecule has 0 spiro atoms. The first kappa shape index (κ1) is 22.0. The van der Waals surface area contributed by atoms with Gasteiger partial charge in [-0.15, -0.1) is 0 Å². The summed E-state index contributed by atoms with van der Waals surface area (Å²) in [4.78, 5) is 14.1. The van der Waals surface area contributed by atoms with Crippen LogP contribution in [0.15, 0.2) is 55.0 Å². The first-order chi connectivity index (χ1) is 17.2. The molecule has 0 bridgehead atoms. The molecule has 2 fully saturated rings. The molecule has 0 amide bonds. The van der Waals surface area contributed by atoms with E-state index in [1.165, 1.54) is 31.4 Å². The molecule has 0 radical (unpaired) electrons. The quantitative estimate of drug-likeness (QED) is 0.430. The van der Waals surface area contributed by atoms with Crippen LogP contribution in [0.1, 0.15) is 43.8 Å². The lowest BCUT2D eigenvalue weighted by molar-refractivity contribution is 0.189. The second-order valence-corrected chi connectivity index (χ2v) is 9.80. The van der Waals surface area contributed by atoms with Crippen LogP contribution in [0.2, 0.25) is 0 Å². The van der Waals surface area contributed by atoms with Crippen molar-refractivity contribution in [1.29, 1.82) is 0 Å². The SMILES string of the molecule is C=C(CN1CCCC(c2nc(-c3ccc4[nH]nc(-c5ccncc5)c4c3)n[nH]2)C1)N1CCCCC1. The van der Waals surface area contributed by atoms with Gasteiger partial charge in [0.1, 0.15) is 11.5 Å². The molecular weight excluding hydrogens is 436 g/mol. The van der Waals surface area contributed by atoms with Crippen LogP contribution in [0, 0.1) is 0 Å². The van der Waals surface area contributed by atoms with E-state index >= 15 is 0 Å². The largest absolute Gasteiger partial charge is 0.374 e. The number of piperidine rings is 2. The number of nitrogens with zero attached hydrogens (tertiary/aromatic N) is 6. The highest BCUT2D eigenvalue weighted by Gasteiger charge is 2.26. The fraction of sp³-hybridized carbons (Fsp3) is 0.407. The van der Waals surface area contributed by atoms with Crippen molar-refractivity contribution in [3.05, 3.63) is 60.8 Å². The highest BCUT2D eigenvalue weighted by molar-refractivity contribution is 5.95. The summed E-state index contributed by atoms with van der Waals surface area (Å²) in [6, 6.07) is 10.2. The molecule has 2 N–H and O–H groups in total. The number of nitrogens with one attached hydrogen (secondary N) is 2. The number of aromatic nitrogens is 6. The van der Waals surface area contributed by atoms with Crippen molar-refractivity contribution in [2.75, 3.05) is 32.7 Å². The highest BCUT2D eigenvalue weighted by atomic mass is 15.2. The van der Waals surface area contributed by atoms with Gasteiger partial charge in [0.15, 0.2) is 5.82 Å². The maximum absolute atomic E-state index is 4.93. The van der Waals surface area contributed by atoms with Crippen LogP contribution in [0.25, 0.3) is 33.5 Å². The van der Waals surface area contributed by atoms with Gasteiger partial charge in [-0.25, -0.2) is 4.98 Å². The van der Waals surface area contributed by atoms with E-state index in [9.17, 15) is 0 Å². The van der Waals surface area contributed by atoms with Crippen LogP contribution in [0.3, 0.4) is 0 Å². The third-order valence-electron chi connectivity index (χ3n) is 7.38. The Morgan fingerprint density at radius 1 is 0.943 bits per heavy atom. The number of pyridine rings is 1. The van der Waals surface area contributed by atoms with E-state index in [4.69, 9.17) is 4.98 Å². The molecule has 4 aromatic rings. The lowest BCUT2D eigenvalue weighted by Crippen LogP contribution is -2.40. The maximum atomic E-state index is 4.93. The molecule has 8 nitrogen and oxygen atoms in total. The molecule has 2 saturated heterocycles. The summed E-state index contributed by atoms with van der Waals surface area (Å²) in [6.45, 7) is 9.79. The number of hydrogen-bond donors (Lipinski definition) is 2. The van der Waals surface area contributed by atoms with Crippen molar-refractivity contribution in [2.45, 2.75) is 38.0 Å². The van der Waals surface area contributed by atoms with Gasteiger partial charge < -0.3 is 4.90 Å². The molecule has 2 aliphatic rings. The van der Waals surface area contributed by atoms with E-state index in [1.807, 2.05) is 18.2 Å². The minimum Gasteiger partial charge on any atom is -0.374 e. The molecule has 8 heteroatoms. The van der Waals surface area contributed by atoms with Crippen LogP contribution in [-0.2, 0) is 0 Å². The zero-order valence-corrected chi connectivity index (χ0v) is 20.1. The number of likely N-dealkylation sites (tertiary alicyclic amines) is 2. The van der Waals surface area contributed by atoms with Gasteiger partial charge in [0.2, 0.25) is 0 Å². The number of benzene rings is 1. The van der Waals surface area contributed by atoms with Crippen LogP contribution in [0.4, 0.5) is 0 Å². The number of hydrogen-bond acceptors (Lipinski definition) is 6. The summed E-state index contributed by atoms with van der Waals surface area (Å²) in [5.41, 5.74) is 5.20. The van der Waals surface area contributed by atoms with Crippen molar-refractivity contribution in [3.63, 3.8) is 0 Å². The molecule has 2 aliphatic heterocycles. The third kappa shape index (κ3) is 4.58. The average molecular weight is 469 g/mol. The molecule has 1 atom stereocenters. The Labute approximate surface area is 205 Å². The number of H-pyrrole nitrogens is 2. The minimum absolute atomic E-state index is 0.365. The van der Waals surface area contributed by atoms with Crippen LogP contribution < -0.4 is 0 Å². The molecule has 0 aliphatic carbocycles. The Bertz CT molecular complexity index is 1300. The number of fused-ring (bicyclic) bond motifs is 1. The van der Waals surface area contributed by atoms with Crippen molar-refractivity contribution < 1.29 is 0 Å². The monoisotopic (exact) mass is 468 g/mol. The van der Waals surface area contributed by atoms with Gasteiger partial charge in [-0.1, -0.05) is 6.58 Å². The molecule has 0 saturated carbocycles. The van der Waals surface area contributed by atoms with Crippen molar-refractivity contribution in [1.82, 2.24) is 40.2 Å². The van der Waals surface area contributed by atoms with Gasteiger partial charge in [-0.2, -0.15) is 10.2 Å². The van der Waals surface area contributed by atoms with Gasteiger partial charge >= 0.3 is 0 Å². The fourth-order valence-corrected chi connectivity index (χ4v) is 5.46. The van der Waals surface area contributed by atoms with Crippen molar-refractivity contribution >= 4 is 10.9 Å². The standard InChI is InChI=1S/C27H32N8/c1-19(35-14-3-2-4-15-35)17-34-13-5-6-22(18-34)27-29-26(32-33-27)21-7-8-24-23(16-21)25(31-30-24)20-9-11-28-12-10-20/h7-12,16,22H,1-6,13-15,17-18H2,(H,30,31)(H,29,32,33). The van der Waals surface area contributed by atoms with E-state index in [2.05, 4.69) is 53.9 Å². The summed E-state index contributed by atoms with van der Waals surface area (Å²) >= 11 is 0. The van der Waals surface area contributed by atoms with Gasteiger partial charge in [0.25, 0.3) is 0 Å². The highest BCUT2D eigenvalue weighted by Crippen LogP contribution is 2.31. The summed E-state index contributed by atoms with van der Waals surface area (Å²) in [5.74, 6) is 2.08. The predicted molar refractivity (Wildman–Crippen MR) is 138 cm³/mol. The maximum Gasteiger partial charge on any atom is 0.181 e. The number of rotatable bonds is 6. The zero-order chi connectivity index (χ0) is 23.6. The van der Waals surface area contributed by atoms with Gasteiger partial charge in [0, 0.05) is 66.7 Å². The molecule has 6 rings (SSSR count). The van der Waals surface area contributed by atoms with Crippen molar-refractivity contribution in [2.24, 2.45) is 0 Å². The molecule has 1 aromatic carbocycles. The molecule has 180 valence electrons. The molecular formula is C27H32N8. The Morgan fingerprint density at radius 2 is 1.80 bits per heavy atom. The van der Waals surface area contributed by atoms with E-state index in [-0.39, 0.29) is 0 Å².